The summed E-state index contributed by atoms with van der Waals surface area (Å²) in [6, 6.07) is 13.2. The molecular formula is C18H15FN2O3. The number of nitrogens with one attached hydrogen (secondary N) is 1. The predicted octanol–water partition coefficient (Wildman–Crippen LogP) is 2.48. The number of halogens is 1. The quantitative estimate of drug-likeness (QED) is 0.693. The van der Waals surface area contributed by atoms with Crippen molar-refractivity contribution in [3.63, 3.8) is 0 Å². The number of urea groups is 1. The predicted molar refractivity (Wildman–Crippen MR) is 84.8 cm³/mol. The summed E-state index contributed by atoms with van der Waals surface area (Å²) in [5.74, 6) is -1.39. The summed E-state index contributed by atoms with van der Waals surface area (Å²) in [7, 11) is 0. The van der Waals surface area contributed by atoms with Crippen LogP contribution < -0.4 is 5.32 Å². The van der Waals surface area contributed by atoms with E-state index in [9.17, 15) is 18.8 Å². The summed E-state index contributed by atoms with van der Waals surface area (Å²) in [4.78, 5) is 38.0. The minimum Gasteiger partial charge on any atom is -0.319 e. The zero-order valence-electron chi connectivity index (χ0n) is 13.0. The van der Waals surface area contributed by atoms with E-state index < -0.39 is 35.6 Å². The highest BCUT2D eigenvalue weighted by molar-refractivity contribution is 6.11. The number of hydrogen-bond acceptors (Lipinski definition) is 3. The molecule has 0 aromatic heterocycles. The Balaban J connectivity index is 1.82. The minimum atomic E-state index is -1.21. The standard InChI is InChI=1S/C18H15FN2O3/c1-18(13-5-3-2-4-6-13)16(23)21(17(24)20-18)11-15(22)12-7-9-14(19)10-8-12/h2-10H,11H2,1H3,(H,20,24)/t18-/m1/s1. The Kier molecular flexibility index (Phi) is 3.89. The molecule has 1 saturated heterocycles. The fourth-order valence-electron chi connectivity index (χ4n) is 2.68. The molecule has 0 radical (unpaired) electrons. The van der Waals surface area contributed by atoms with Gasteiger partial charge in [-0.05, 0) is 36.8 Å². The van der Waals surface area contributed by atoms with Gasteiger partial charge in [0.25, 0.3) is 5.91 Å². The van der Waals surface area contributed by atoms with Gasteiger partial charge in [-0.2, -0.15) is 0 Å². The Morgan fingerprint density at radius 3 is 2.33 bits per heavy atom. The van der Waals surface area contributed by atoms with Gasteiger partial charge >= 0.3 is 6.03 Å². The van der Waals surface area contributed by atoms with Crippen LogP contribution >= 0.6 is 0 Å². The van der Waals surface area contributed by atoms with Gasteiger partial charge in [-0.15, -0.1) is 0 Å². The van der Waals surface area contributed by atoms with Crippen molar-refractivity contribution in [2.24, 2.45) is 0 Å². The Labute approximate surface area is 138 Å². The van der Waals surface area contributed by atoms with Crippen molar-refractivity contribution in [1.82, 2.24) is 10.2 Å². The lowest BCUT2D eigenvalue weighted by atomic mass is 9.92. The van der Waals surface area contributed by atoms with Crippen LogP contribution in [0.2, 0.25) is 0 Å². The summed E-state index contributed by atoms with van der Waals surface area (Å²) in [5.41, 5.74) is -0.327. The lowest BCUT2D eigenvalue weighted by molar-refractivity contribution is -0.130. The molecule has 5 nitrogen and oxygen atoms in total. The first kappa shape index (κ1) is 15.9. The number of ketones is 1. The first-order chi connectivity index (χ1) is 11.4. The number of carbonyl (C=O) groups is 3. The zero-order valence-corrected chi connectivity index (χ0v) is 13.0. The van der Waals surface area contributed by atoms with Gasteiger partial charge in [0.15, 0.2) is 5.78 Å². The molecule has 0 bridgehead atoms. The highest BCUT2D eigenvalue weighted by Crippen LogP contribution is 2.28. The van der Waals surface area contributed by atoms with E-state index in [0.29, 0.717) is 5.56 Å². The summed E-state index contributed by atoms with van der Waals surface area (Å²) >= 11 is 0. The van der Waals surface area contributed by atoms with Crippen LogP contribution in [0.25, 0.3) is 0 Å². The number of rotatable bonds is 4. The number of Topliss-reactive ketones (excluding diaryl/α,β-unsaturated/α-hetero) is 1. The molecule has 1 atom stereocenters. The van der Waals surface area contributed by atoms with Crippen molar-refractivity contribution >= 4 is 17.7 Å². The monoisotopic (exact) mass is 326 g/mol. The van der Waals surface area contributed by atoms with Gasteiger partial charge in [0.05, 0.1) is 6.54 Å². The summed E-state index contributed by atoms with van der Waals surface area (Å²) in [5, 5.41) is 2.64. The summed E-state index contributed by atoms with van der Waals surface area (Å²) in [6.45, 7) is 1.21. The molecule has 2 aromatic carbocycles. The fourth-order valence-corrected chi connectivity index (χ4v) is 2.68. The molecule has 0 spiro atoms. The van der Waals surface area contributed by atoms with Crippen LogP contribution in [0.15, 0.2) is 54.6 Å². The van der Waals surface area contributed by atoms with E-state index in [2.05, 4.69) is 5.32 Å². The molecule has 1 aliphatic heterocycles. The zero-order chi connectivity index (χ0) is 17.3. The first-order valence-corrected chi connectivity index (χ1v) is 7.40. The average Bonchev–Trinajstić information content (AvgIpc) is 2.80. The van der Waals surface area contributed by atoms with Crippen LogP contribution in [-0.2, 0) is 10.3 Å². The lowest BCUT2D eigenvalue weighted by Gasteiger charge is -2.22. The van der Waals surface area contributed by atoms with E-state index in [1.807, 2.05) is 6.07 Å². The molecule has 122 valence electrons. The van der Waals surface area contributed by atoms with Crippen LogP contribution in [0.1, 0.15) is 22.8 Å². The van der Waals surface area contributed by atoms with Crippen molar-refractivity contribution < 1.29 is 18.8 Å². The molecule has 3 rings (SSSR count). The highest BCUT2D eigenvalue weighted by Gasteiger charge is 2.49. The topological polar surface area (TPSA) is 66.5 Å². The molecule has 0 unspecified atom stereocenters. The molecule has 1 fully saturated rings. The molecule has 24 heavy (non-hydrogen) atoms. The first-order valence-electron chi connectivity index (χ1n) is 7.40. The van der Waals surface area contributed by atoms with E-state index in [-0.39, 0.29) is 5.56 Å². The molecule has 2 aromatic rings. The van der Waals surface area contributed by atoms with Crippen LogP contribution in [0.5, 0.6) is 0 Å². The third-order valence-electron chi connectivity index (χ3n) is 4.09. The van der Waals surface area contributed by atoms with E-state index in [0.717, 1.165) is 17.0 Å². The molecule has 3 amide bonds. The van der Waals surface area contributed by atoms with Gasteiger partial charge in [-0.25, -0.2) is 9.18 Å². The number of hydrogen-bond donors (Lipinski definition) is 1. The van der Waals surface area contributed by atoms with Crippen LogP contribution in [0.3, 0.4) is 0 Å². The summed E-state index contributed by atoms with van der Waals surface area (Å²) < 4.78 is 12.9. The van der Waals surface area contributed by atoms with Gasteiger partial charge in [-0.3, -0.25) is 14.5 Å². The molecule has 1 heterocycles. The van der Waals surface area contributed by atoms with Gasteiger partial charge in [0.1, 0.15) is 11.4 Å². The van der Waals surface area contributed by atoms with Crippen molar-refractivity contribution in [1.29, 1.82) is 0 Å². The van der Waals surface area contributed by atoms with Crippen molar-refractivity contribution in [3.05, 3.63) is 71.5 Å². The van der Waals surface area contributed by atoms with Crippen molar-refractivity contribution in [3.8, 4) is 0 Å². The third kappa shape index (κ3) is 2.67. The Bertz CT molecular complexity index is 805. The van der Waals surface area contributed by atoms with Gasteiger partial charge < -0.3 is 5.32 Å². The van der Waals surface area contributed by atoms with Crippen LogP contribution in [0, 0.1) is 5.82 Å². The number of amides is 3. The molecule has 1 N–H and O–H groups in total. The van der Waals surface area contributed by atoms with Crippen LogP contribution in [0.4, 0.5) is 9.18 Å². The maximum atomic E-state index is 12.9. The number of benzene rings is 2. The maximum Gasteiger partial charge on any atom is 0.325 e. The highest BCUT2D eigenvalue weighted by atomic mass is 19.1. The third-order valence-corrected chi connectivity index (χ3v) is 4.09. The van der Waals surface area contributed by atoms with E-state index in [1.165, 1.54) is 12.1 Å². The SMILES string of the molecule is C[C@]1(c2ccccc2)NC(=O)N(CC(=O)c2ccc(F)cc2)C1=O. The molecule has 1 aliphatic rings. The van der Waals surface area contributed by atoms with E-state index in [1.54, 1.807) is 31.2 Å². The minimum absolute atomic E-state index is 0.241. The van der Waals surface area contributed by atoms with E-state index in [4.69, 9.17) is 0 Å². The summed E-state index contributed by atoms with van der Waals surface area (Å²) in [6.07, 6.45) is 0. The maximum absolute atomic E-state index is 12.9. The van der Waals surface area contributed by atoms with Crippen molar-refractivity contribution in [2.75, 3.05) is 6.54 Å². The number of nitrogens with zero attached hydrogens (tertiary/aromatic N) is 1. The number of imide groups is 1. The average molecular weight is 326 g/mol. The van der Waals surface area contributed by atoms with Gasteiger partial charge in [0, 0.05) is 5.56 Å². The lowest BCUT2D eigenvalue weighted by Crippen LogP contribution is -2.41. The fraction of sp³-hybridized carbons (Fsp3) is 0.167. The molecule has 6 heteroatoms. The largest absolute Gasteiger partial charge is 0.325 e. The van der Waals surface area contributed by atoms with Gasteiger partial charge in [-0.1, -0.05) is 30.3 Å². The molecule has 0 saturated carbocycles. The smallest absolute Gasteiger partial charge is 0.319 e. The van der Waals surface area contributed by atoms with Gasteiger partial charge in [0.2, 0.25) is 0 Å². The Hall–Kier alpha value is -3.02. The Morgan fingerprint density at radius 1 is 1.08 bits per heavy atom. The van der Waals surface area contributed by atoms with Crippen molar-refractivity contribution in [2.45, 2.75) is 12.5 Å². The normalized spacial score (nSPS) is 20.2. The second-order valence-electron chi connectivity index (χ2n) is 5.74. The number of carbonyl (C=O) groups excluding carboxylic acids is 3. The second-order valence-corrected chi connectivity index (χ2v) is 5.74. The van der Waals surface area contributed by atoms with E-state index >= 15 is 0 Å². The van der Waals surface area contributed by atoms with Crippen LogP contribution in [-0.4, -0.2) is 29.2 Å². The Morgan fingerprint density at radius 2 is 1.71 bits per heavy atom. The second kappa shape index (κ2) is 5.88. The molecular weight excluding hydrogens is 311 g/mol. The molecule has 0 aliphatic carbocycles.